The maximum atomic E-state index is 7.30. The molecule has 336 valence electrons. The Morgan fingerprint density at radius 1 is 0.471 bits per heavy atom. The van der Waals surface area contributed by atoms with Gasteiger partial charge in [-0.2, -0.15) is 0 Å². The summed E-state index contributed by atoms with van der Waals surface area (Å²) >= 11 is 0. The number of benzene rings is 8. The van der Waals surface area contributed by atoms with Gasteiger partial charge in [-0.15, -0.1) is 0 Å². The molecule has 0 radical (unpaired) electrons. The van der Waals surface area contributed by atoms with E-state index in [0.29, 0.717) is 0 Å². The van der Waals surface area contributed by atoms with E-state index in [0.717, 1.165) is 128 Å². The lowest BCUT2D eigenvalue weighted by atomic mass is 9.33. The second-order valence-electron chi connectivity index (χ2n) is 20.3. The van der Waals surface area contributed by atoms with Gasteiger partial charge in [-0.25, -0.2) is 0 Å². The largest absolute Gasteiger partial charge is 0.464 e. The van der Waals surface area contributed by atoms with Crippen LogP contribution in [0.3, 0.4) is 0 Å². The van der Waals surface area contributed by atoms with Crippen molar-refractivity contribution in [3.05, 3.63) is 199 Å². The van der Waals surface area contributed by atoms with Gasteiger partial charge < -0.3 is 22.6 Å². The van der Waals surface area contributed by atoms with E-state index in [4.69, 9.17) is 17.7 Å². The van der Waals surface area contributed by atoms with Crippen molar-refractivity contribution in [2.45, 2.75) is 47.0 Å². The summed E-state index contributed by atoms with van der Waals surface area (Å²) < 4.78 is 26.1. The van der Waals surface area contributed by atoms with Crippen LogP contribution in [0, 0.1) is 20.8 Å². The minimum Gasteiger partial charge on any atom is -0.464 e. The first-order chi connectivity index (χ1) is 34.1. The normalized spacial score (nSPS) is 13.2. The number of para-hydroxylation sites is 3. The van der Waals surface area contributed by atoms with E-state index >= 15 is 0 Å². The Hall–Kier alpha value is -8.42. The molecule has 14 rings (SSSR count). The van der Waals surface area contributed by atoms with Gasteiger partial charge in [0, 0.05) is 66.4 Å². The summed E-state index contributed by atoms with van der Waals surface area (Å²) in [7, 11) is 0. The molecule has 70 heavy (non-hydrogen) atoms. The fraction of sp³-hybridized carbons (Fsp3) is 0.111. The van der Waals surface area contributed by atoms with Crippen molar-refractivity contribution in [3.63, 3.8) is 0 Å². The fourth-order valence-corrected chi connectivity index (χ4v) is 11.6. The van der Waals surface area contributed by atoms with Gasteiger partial charge >= 0.3 is 0 Å². The van der Waals surface area contributed by atoms with Crippen LogP contribution in [0.15, 0.2) is 194 Å². The maximum Gasteiger partial charge on any atom is 0.257 e. The van der Waals surface area contributed by atoms with Crippen molar-refractivity contribution in [1.29, 1.82) is 0 Å². The van der Waals surface area contributed by atoms with Crippen LogP contribution in [0.25, 0.3) is 77.5 Å². The van der Waals surface area contributed by atoms with Crippen LogP contribution in [-0.4, -0.2) is 6.71 Å². The smallest absolute Gasteiger partial charge is 0.257 e. The summed E-state index contributed by atoms with van der Waals surface area (Å²) in [6.07, 6.45) is 3.79. The van der Waals surface area contributed by atoms with E-state index in [1.54, 1.807) is 0 Å². The van der Waals surface area contributed by atoms with Gasteiger partial charge in [-0.3, -0.25) is 4.90 Å². The van der Waals surface area contributed by atoms with E-state index in [9.17, 15) is 0 Å². The van der Waals surface area contributed by atoms with E-state index < -0.39 is 0 Å². The third kappa shape index (κ3) is 6.00. The first kappa shape index (κ1) is 40.6. The minimum atomic E-state index is -0.161. The molecule has 12 aromatic rings. The first-order valence-electron chi connectivity index (χ1n) is 24.1. The molecule has 0 unspecified atom stereocenters. The number of rotatable bonds is 5. The van der Waals surface area contributed by atoms with Gasteiger partial charge in [0.05, 0.1) is 18.2 Å². The van der Waals surface area contributed by atoms with Crippen LogP contribution in [0.4, 0.5) is 34.3 Å². The number of nitrogens with zero attached hydrogens (tertiary/aromatic N) is 2. The van der Waals surface area contributed by atoms with Crippen LogP contribution in [0.2, 0.25) is 0 Å². The molecule has 0 fully saturated rings. The predicted molar refractivity (Wildman–Crippen MR) is 289 cm³/mol. The zero-order chi connectivity index (χ0) is 47.2. The molecule has 0 aliphatic carbocycles. The van der Waals surface area contributed by atoms with Gasteiger partial charge in [-0.05, 0) is 149 Å². The Morgan fingerprint density at radius 2 is 1.13 bits per heavy atom. The lowest BCUT2D eigenvalue weighted by Gasteiger charge is -2.43. The summed E-state index contributed by atoms with van der Waals surface area (Å²) in [6.45, 7) is 13.4. The van der Waals surface area contributed by atoms with Crippen molar-refractivity contribution in [2.24, 2.45) is 0 Å². The van der Waals surface area contributed by atoms with Crippen molar-refractivity contribution < 1.29 is 17.7 Å². The van der Waals surface area contributed by atoms with Crippen LogP contribution in [-0.2, 0) is 5.41 Å². The Morgan fingerprint density at radius 3 is 1.83 bits per heavy atom. The Balaban J connectivity index is 1.05. The van der Waals surface area contributed by atoms with E-state index in [1.165, 1.54) is 22.0 Å². The highest BCUT2D eigenvalue weighted by atomic mass is 16.4. The number of fused-ring (bicyclic) bond motifs is 9. The maximum absolute atomic E-state index is 7.30. The molecule has 8 aromatic carbocycles. The summed E-state index contributed by atoms with van der Waals surface area (Å²) in [5, 5.41) is 4.38. The molecule has 6 nitrogen and oxygen atoms in total. The standard InChI is InChI=1S/C63H47BN2O4/c1-36-26-52-60-53(27-36)66(61-37(2)28-42(29-38(61)3)58-32-41-14-7-10-19-54(41)69-58)62-59(47-33-43(63(4,5)6)23-25-57(47)70-62)64(60)50-24-22-40(49-35-68-56-21-12-9-18-46(49)56)31-51(50)65(52)44-16-13-15-39(30-44)48-34-67-55-20-11-8-17-45(48)55/h7-35H,1-6H3. The number of anilines is 6. The second kappa shape index (κ2) is 14.8. The van der Waals surface area contributed by atoms with Gasteiger partial charge in [0.1, 0.15) is 28.1 Å². The fourth-order valence-electron chi connectivity index (χ4n) is 11.6. The van der Waals surface area contributed by atoms with Gasteiger partial charge in [0.15, 0.2) is 0 Å². The molecular formula is C63H47BN2O4. The molecule has 0 N–H and O–H groups in total. The molecule has 0 saturated heterocycles. The highest BCUT2D eigenvalue weighted by Gasteiger charge is 2.47. The molecule has 0 saturated carbocycles. The molecule has 7 heteroatoms. The molecule has 0 spiro atoms. The third-order valence-corrected chi connectivity index (χ3v) is 14.8. The molecule has 0 atom stereocenters. The zero-order valence-electron chi connectivity index (χ0n) is 39.8. The van der Waals surface area contributed by atoms with Crippen molar-refractivity contribution in [3.8, 4) is 33.6 Å². The highest BCUT2D eigenvalue weighted by Crippen LogP contribution is 2.50. The van der Waals surface area contributed by atoms with Crippen LogP contribution in [0.5, 0.6) is 0 Å². The summed E-state index contributed by atoms with van der Waals surface area (Å²) in [5.41, 5.74) is 22.5. The van der Waals surface area contributed by atoms with Crippen LogP contribution < -0.4 is 26.2 Å². The number of hydrogen-bond acceptors (Lipinski definition) is 6. The second-order valence-corrected chi connectivity index (χ2v) is 20.3. The quantitative estimate of drug-likeness (QED) is 0.160. The predicted octanol–water partition coefficient (Wildman–Crippen LogP) is 16.0. The van der Waals surface area contributed by atoms with Gasteiger partial charge in [-0.1, -0.05) is 106 Å². The summed E-state index contributed by atoms with van der Waals surface area (Å²) in [6, 6.07) is 58.9. The highest BCUT2D eigenvalue weighted by molar-refractivity contribution is 7.01. The SMILES string of the molecule is Cc1cc2c3c(c1)N(c1c(C)cc(-c4cc5ccccc5o4)cc1C)c1oc4ccc(C(C)(C)C)cc4c1B3c1ccc(-c3coc4ccccc34)cc1N2c1cccc(-c2coc3ccccc23)c1. The van der Waals surface area contributed by atoms with E-state index in [-0.39, 0.29) is 12.1 Å². The minimum absolute atomic E-state index is 0.0819. The first-order valence-corrected chi connectivity index (χ1v) is 24.1. The summed E-state index contributed by atoms with van der Waals surface area (Å²) in [5.74, 6) is 1.70. The van der Waals surface area contributed by atoms with E-state index in [1.807, 2.05) is 48.9 Å². The zero-order valence-corrected chi connectivity index (χ0v) is 39.8. The van der Waals surface area contributed by atoms with Crippen LogP contribution >= 0.6 is 0 Å². The Bertz CT molecular complexity index is 4080. The average molecular weight is 907 g/mol. The van der Waals surface area contributed by atoms with Gasteiger partial charge in [0.2, 0.25) is 5.88 Å². The topological polar surface area (TPSA) is 59.0 Å². The van der Waals surface area contributed by atoms with Crippen LogP contribution in [0.1, 0.15) is 43.0 Å². The molecule has 0 bridgehead atoms. The van der Waals surface area contributed by atoms with Crippen molar-refractivity contribution in [2.75, 3.05) is 9.80 Å². The summed E-state index contributed by atoms with van der Waals surface area (Å²) in [4.78, 5) is 4.91. The third-order valence-electron chi connectivity index (χ3n) is 14.8. The van der Waals surface area contributed by atoms with Crippen molar-refractivity contribution in [1.82, 2.24) is 0 Å². The Labute approximate surface area is 406 Å². The number of hydrogen-bond donors (Lipinski definition) is 0. The average Bonchev–Trinajstić information content (AvgIpc) is 4.18. The van der Waals surface area contributed by atoms with Gasteiger partial charge in [0.25, 0.3) is 6.71 Å². The number of furan rings is 4. The number of aryl methyl sites for hydroxylation is 3. The monoisotopic (exact) mass is 906 g/mol. The van der Waals surface area contributed by atoms with Crippen molar-refractivity contribution >= 4 is 101 Å². The molecule has 2 aliphatic rings. The lowest BCUT2D eigenvalue weighted by Crippen LogP contribution is -2.61. The molecule has 2 aliphatic heterocycles. The molecule has 6 heterocycles. The lowest BCUT2D eigenvalue weighted by molar-refractivity contribution is 0.589. The molecular weight excluding hydrogens is 860 g/mol. The van der Waals surface area contributed by atoms with E-state index in [2.05, 4.69) is 179 Å². The molecule has 0 amide bonds. The Kier molecular flexibility index (Phi) is 8.59. The molecule has 4 aromatic heterocycles.